The first-order chi connectivity index (χ1) is 9.02. The smallest absolute Gasteiger partial charge is 0.127 e. The zero-order valence-corrected chi connectivity index (χ0v) is 12.6. The third kappa shape index (κ3) is 3.70. The van der Waals surface area contributed by atoms with E-state index in [2.05, 4.69) is 19.2 Å². The van der Waals surface area contributed by atoms with Crippen molar-refractivity contribution in [2.75, 3.05) is 6.54 Å². The first-order valence-corrected chi connectivity index (χ1v) is 7.56. The van der Waals surface area contributed by atoms with Gasteiger partial charge in [0, 0.05) is 23.2 Å². The van der Waals surface area contributed by atoms with Crippen LogP contribution in [0.2, 0.25) is 5.02 Å². The molecule has 0 atom stereocenters. The van der Waals surface area contributed by atoms with Crippen LogP contribution in [0.1, 0.15) is 45.1 Å². The number of benzene rings is 1. The second-order valence-electron chi connectivity index (χ2n) is 6.12. The monoisotopic (exact) mass is 283 g/mol. The third-order valence-corrected chi connectivity index (χ3v) is 4.52. The van der Waals surface area contributed by atoms with Gasteiger partial charge in [-0.3, -0.25) is 0 Å². The first kappa shape index (κ1) is 14.8. The van der Waals surface area contributed by atoms with E-state index in [-0.39, 0.29) is 11.2 Å². The van der Waals surface area contributed by atoms with Gasteiger partial charge in [0.1, 0.15) is 5.82 Å². The van der Waals surface area contributed by atoms with E-state index in [9.17, 15) is 4.39 Å². The van der Waals surface area contributed by atoms with Gasteiger partial charge in [-0.25, -0.2) is 4.39 Å². The van der Waals surface area contributed by atoms with Crippen molar-refractivity contribution in [3.8, 4) is 0 Å². The first-order valence-electron chi connectivity index (χ1n) is 7.19. The molecule has 1 fully saturated rings. The van der Waals surface area contributed by atoms with Gasteiger partial charge in [-0.2, -0.15) is 0 Å². The molecule has 0 aliphatic heterocycles. The quantitative estimate of drug-likeness (QED) is 0.834. The standard InChI is InChI=1S/C16H23ClFN/c1-12(2)19-11-16(8-3-4-9-16)10-13-14(17)6-5-7-15(13)18/h5-7,12,19H,3-4,8-11H2,1-2H3. The van der Waals surface area contributed by atoms with Crippen molar-refractivity contribution in [2.24, 2.45) is 5.41 Å². The van der Waals surface area contributed by atoms with Crippen molar-refractivity contribution in [2.45, 2.75) is 52.0 Å². The van der Waals surface area contributed by atoms with Crippen LogP contribution in [0.25, 0.3) is 0 Å². The largest absolute Gasteiger partial charge is 0.314 e. The molecule has 1 N–H and O–H groups in total. The van der Waals surface area contributed by atoms with E-state index >= 15 is 0 Å². The van der Waals surface area contributed by atoms with Gasteiger partial charge in [0.15, 0.2) is 0 Å². The third-order valence-electron chi connectivity index (χ3n) is 4.16. The van der Waals surface area contributed by atoms with Crippen molar-refractivity contribution in [3.05, 3.63) is 34.6 Å². The molecular weight excluding hydrogens is 261 g/mol. The fourth-order valence-corrected chi connectivity index (χ4v) is 3.27. The molecule has 3 heteroatoms. The molecule has 1 aliphatic rings. The van der Waals surface area contributed by atoms with E-state index in [4.69, 9.17) is 11.6 Å². The van der Waals surface area contributed by atoms with Crippen LogP contribution < -0.4 is 5.32 Å². The SMILES string of the molecule is CC(C)NCC1(Cc2c(F)cccc2Cl)CCCC1. The summed E-state index contributed by atoms with van der Waals surface area (Å²) in [6.07, 6.45) is 5.56. The Morgan fingerprint density at radius 2 is 2.00 bits per heavy atom. The molecule has 0 bridgehead atoms. The average molecular weight is 284 g/mol. The maximum absolute atomic E-state index is 14.0. The Hall–Kier alpha value is -0.600. The highest BCUT2D eigenvalue weighted by atomic mass is 35.5. The number of nitrogens with one attached hydrogen (secondary N) is 1. The number of hydrogen-bond donors (Lipinski definition) is 1. The van der Waals surface area contributed by atoms with E-state index in [1.165, 1.54) is 18.9 Å². The van der Waals surface area contributed by atoms with Gasteiger partial charge in [-0.1, -0.05) is 44.4 Å². The summed E-state index contributed by atoms with van der Waals surface area (Å²) in [7, 11) is 0. The minimum Gasteiger partial charge on any atom is -0.314 e. The van der Waals surface area contributed by atoms with Gasteiger partial charge in [0.2, 0.25) is 0 Å². The van der Waals surface area contributed by atoms with Crippen LogP contribution in [0.3, 0.4) is 0 Å². The van der Waals surface area contributed by atoms with Gasteiger partial charge < -0.3 is 5.32 Å². The van der Waals surface area contributed by atoms with E-state index in [1.807, 2.05) is 0 Å². The molecule has 19 heavy (non-hydrogen) atoms. The maximum atomic E-state index is 14.0. The highest BCUT2D eigenvalue weighted by Gasteiger charge is 2.35. The second kappa shape index (κ2) is 6.23. The predicted molar refractivity (Wildman–Crippen MR) is 79.2 cm³/mol. The number of halogens is 2. The number of hydrogen-bond acceptors (Lipinski definition) is 1. The number of rotatable bonds is 5. The minimum absolute atomic E-state index is 0.164. The molecule has 1 aromatic rings. The van der Waals surface area contributed by atoms with E-state index in [0.717, 1.165) is 25.8 Å². The molecule has 0 saturated heterocycles. The van der Waals surface area contributed by atoms with Gasteiger partial charge >= 0.3 is 0 Å². The summed E-state index contributed by atoms with van der Waals surface area (Å²) in [6.45, 7) is 5.26. The molecule has 106 valence electrons. The molecule has 0 amide bonds. The summed E-state index contributed by atoms with van der Waals surface area (Å²) in [5.41, 5.74) is 0.868. The summed E-state index contributed by atoms with van der Waals surface area (Å²) in [4.78, 5) is 0. The highest BCUT2D eigenvalue weighted by Crippen LogP contribution is 2.42. The molecule has 1 aliphatic carbocycles. The van der Waals surface area contributed by atoms with Crippen LogP contribution in [0.5, 0.6) is 0 Å². The van der Waals surface area contributed by atoms with E-state index in [1.54, 1.807) is 12.1 Å². The van der Waals surface area contributed by atoms with Gasteiger partial charge in [0.25, 0.3) is 0 Å². The van der Waals surface area contributed by atoms with E-state index < -0.39 is 0 Å². The highest BCUT2D eigenvalue weighted by molar-refractivity contribution is 6.31. The summed E-state index contributed by atoms with van der Waals surface area (Å²) < 4.78 is 14.0. The van der Waals surface area contributed by atoms with Crippen LogP contribution in [0.15, 0.2) is 18.2 Å². The fraction of sp³-hybridized carbons (Fsp3) is 0.625. The average Bonchev–Trinajstić information content (AvgIpc) is 2.81. The Bertz CT molecular complexity index is 405. The van der Waals surface area contributed by atoms with Gasteiger partial charge in [-0.15, -0.1) is 0 Å². The molecule has 1 nitrogen and oxygen atoms in total. The van der Waals surface area contributed by atoms with Crippen molar-refractivity contribution in [1.29, 1.82) is 0 Å². The molecule has 0 radical (unpaired) electrons. The Morgan fingerprint density at radius 3 is 2.58 bits per heavy atom. The van der Waals surface area contributed by atoms with Gasteiger partial charge in [-0.05, 0) is 36.8 Å². The predicted octanol–water partition coefficient (Wildman–Crippen LogP) is 4.58. The van der Waals surface area contributed by atoms with Crippen molar-refractivity contribution >= 4 is 11.6 Å². The Kier molecular flexibility index (Phi) is 4.86. The normalized spacial score (nSPS) is 18.2. The molecule has 0 aromatic heterocycles. The molecule has 0 heterocycles. The molecule has 0 unspecified atom stereocenters. The summed E-state index contributed by atoms with van der Waals surface area (Å²) >= 11 is 6.17. The lowest BCUT2D eigenvalue weighted by Crippen LogP contribution is -2.37. The Labute approximate surface area is 120 Å². The van der Waals surface area contributed by atoms with Crippen LogP contribution in [0, 0.1) is 11.2 Å². The molecule has 1 aromatic carbocycles. The maximum Gasteiger partial charge on any atom is 0.127 e. The molecule has 2 rings (SSSR count). The molecular formula is C16H23ClFN. The summed E-state index contributed by atoms with van der Waals surface area (Å²) in [6, 6.07) is 5.45. The fourth-order valence-electron chi connectivity index (χ4n) is 3.04. The van der Waals surface area contributed by atoms with E-state index in [0.29, 0.717) is 16.6 Å². The summed E-state index contributed by atoms with van der Waals surface area (Å²) in [5.74, 6) is -0.164. The summed E-state index contributed by atoms with van der Waals surface area (Å²) in [5, 5.41) is 4.09. The van der Waals surface area contributed by atoms with Crippen LogP contribution in [0.4, 0.5) is 4.39 Å². The van der Waals surface area contributed by atoms with Gasteiger partial charge in [0.05, 0.1) is 0 Å². The Morgan fingerprint density at radius 1 is 1.32 bits per heavy atom. The Balaban J connectivity index is 2.16. The van der Waals surface area contributed by atoms with Crippen LogP contribution >= 0.6 is 11.6 Å². The van der Waals surface area contributed by atoms with Crippen molar-refractivity contribution in [1.82, 2.24) is 5.32 Å². The lowest BCUT2D eigenvalue weighted by atomic mass is 9.79. The molecule has 0 spiro atoms. The lowest BCUT2D eigenvalue weighted by Gasteiger charge is -2.31. The van der Waals surface area contributed by atoms with Crippen LogP contribution in [-0.2, 0) is 6.42 Å². The lowest BCUT2D eigenvalue weighted by molar-refractivity contribution is 0.266. The van der Waals surface area contributed by atoms with Crippen molar-refractivity contribution in [3.63, 3.8) is 0 Å². The van der Waals surface area contributed by atoms with Crippen molar-refractivity contribution < 1.29 is 4.39 Å². The topological polar surface area (TPSA) is 12.0 Å². The zero-order chi connectivity index (χ0) is 13.9. The zero-order valence-electron chi connectivity index (χ0n) is 11.8. The molecule has 1 saturated carbocycles. The minimum atomic E-state index is -0.164. The second-order valence-corrected chi connectivity index (χ2v) is 6.53. The van der Waals surface area contributed by atoms with Crippen LogP contribution in [-0.4, -0.2) is 12.6 Å².